The normalized spacial score (nSPS) is 16.4. The predicted molar refractivity (Wildman–Crippen MR) is 74.7 cm³/mol. The number of phenols is 1. The van der Waals surface area contributed by atoms with E-state index < -0.39 is 0 Å². The third-order valence-electron chi connectivity index (χ3n) is 3.54. The van der Waals surface area contributed by atoms with Gasteiger partial charge in [0.1, 0.15) is 5.75 Å². The van der Waals surface area contributed by atoms with E-state index in [0.717, 1.165) is 17.0 Å². The fraction of sp³-hybridized carbons (Fsp3) is 0.625. The Morgan fingerprint density at radius 2 is 1.59 bits per heavy atom. The van der Waals surface area contributed by atoms with Crippen LogP contribution in [0.4, 0.5) is 0 Å². The molecule has 0 amide bonds. The van der Waals surface area contributed by atoms with Gasteiger partial charge in [0.05, 0.1) is 0 Å². The van der Waals surface area contributed by atoms with Gasteiger partial charge in [0, 0.05) is 0 Å². The molecule has 17 heavy (non-hydrogen) atoms. The summed E-state index contributed by atoms with van der Waals surface area (Å²) in [6, 6.07) is 6.18. The average Bonchev–Trinajstić information content (AvgIpc) is 3.14. The highest BCUT2D eigenvalue weighted by Gasteiger charge is 2.30. The largest absolute Gasteiger partial charge is 0.507 e. The molecule has 1 N–H and O–H groups in total. The molecule has 1 aliphatic carbocycles. The van der Waals surface area contributed by atoms with E-state index in [1.165, 1.54) is 12.8 Å². The van der Waals surface area contributed by atoms with Gasteiger partial charge in [-0.2, -0.15) is 0 Å². The number of benzene rings is 1. The molecule has 0 radical (unpaired) electrons. The minimum atomic E-state index is 0.399. The van der Waals surface area contributed by atoms with Crippen molar-refractivity contribution in [2.24, 2.45) is 5.92 Å². The molecule has 2 rings (SSSR count). The Morgan fingerprint density at radius 3 is 2.06 bits per heavy atom. The van der Waals surface area contributed by atoms with Crippen molar-refractivity contribution in [3.8, 4) is 5.75 Å². The van der Waals surface area contributed by atoms with Crippen molar-refractivity contribution >= 4 is 0 Å². The Hall–Kier alpha value is -0.980. The van der Waals surface area contributed by atoms with E-state index in [4.69, 9.17) is 0 Å². The van der Waals surface area contributed by atoms with E-state index in [1.807, 2.05) is 19.9 Å². The first-order valence-corrected chi connectivity index (χ1v) is 6.93. The van der Waals surface area contributed by atoms with E-state index in [9.17, 15) is 5.11 Å². The molecule has 0 saturated heterocycles. The summed E-state index contributed by atoms with van der Waals surface area (Å²) in [5.74, 6) is 2.25. The minimum absolute atomic E-state index is 0.399. The molecule has 1 heteroatoms. The van der Waals surface area contributed by atoms with Gasteiger partial charge in [-0.05, 0) is 41.7 Å². The van der Waals surface area contributed by atoms with Gasteiger partial charge in [-0.3, -0.25) is 0 Å². The maximum absolute atomic E-state index is 10.2. The maximum Gasteiger partial charge on any atom is 0.122 e. The first-order valence-electron chi connectivity index (χ1n) is 6.93. The van der Waals surface area contributed by atoms with Gasteiger partial charge in [-0.1, -0.05) is 52.8 Å². The number of phenolic OH excluding ortho intramolecular Hbond substituents is 1. The first kappa shape index (κ1) is 14.1. The number of hydrogen-bond acceptors (Lipinski definition) is 1. The summed E-state index contributed by atoms with van der Waals surface area (Å²) in [7, 11) is 0. The van der Waals surface area contributed by atoms with Gasteiger partial charge in [-0.15, -0.1) is 0 Å². The van der Waals surface area contributed by atoms with Crippen LogP contribution in [0, 0.1) is 5.92 Å². The third kappa shape index (κ3) is 3.24. The molecule has 0 aliphatic heterocycles. The summed E-state index contributed by atoms with van der Waals surface area (Å²) in [5, 5.41) is 10.2. The second-order valence-corrected chi connectivity index (χ2v) is 5.07. The summed E-state index contributed by atoms with van der Waals surface area (Å²) >= 11 is 0. The van der Waals surface area contributed by atoms with Crippen molar-refractivity contribution in [3.05, 3.63) is 29.3 Å². The van der Waals surface area contributed by atoms with Crippen LogP contribution in [-0.4, -0.2) is 5.11 Å². The predicted octanol–water partition coefficient (Wildman–Crippen LogP) is 5.06. The fourth-order valence-corrected chi connectivity index (χ4v) is 2.26. The van der Waals surface area contributed by atoms with Crippen LogP contribution in [0.25, 0.3) is 0 Å². The molecule has 1 atom stereocenters. The number of para-hydroxylation sites is 1. The Labute approximate surface area is 106 Å². The van der Waals surface area contributed by atoms with Crippen LogP contribution < -0.4 is 0 Å². The van der Waals surface area contributed by atoms with Gasteiger partial charge >= 0.3 is 0 Å². The highest BCUT2D eigenvalue weighted by molar-refractivity contribution is 5.44. The molecule has 1 aromatic carbocycles. The third-order valence-corrected chi connectivity index (χ3v) is 3.54. The molecule has 0 unspecified atom stereocenters. The lowest BCUT2D eigenvalue weighted by Gasteiger charge is -2.16. The monoisotopic (exact) mass is 234 g/mol. The fourth-order valence-electron chi connectivity index (χ4n) is 2.26. The standard InChI is InChI=1S/C14H20O.C2H6/c1-9(2)12-5-4-6-13(14(12)15)10(3)11-7-8-11;1-2/h4-6,9-11,15H,7-8H2,1-3H3;1-2H3/t10-;/m0./s1. The van der Waals surface area contributed by atoms with E-state index in [-0.39, 0.29) is 0 Å². The van der Waals surface area contributed by atoms with Crippen molar-refractivity contribution in [2.75, 3.05) is 0 Å². The molecule has 0 bridgehead atoms. The summed E-state index contributed by atoms with van der Waals surface area (Å²) < 4.78 is 0. The average molecular weight is 234 g/mol. The van der Waals surface area contributed by atoms with Crippen LogP contribution in [0.15, 0.2) is 18.2 Å². The molecule has 1 fully saturated rings. The lowest BCUT2D eigenvalue weighted by molar-refractivity contribution is 0.448. The molecular weight excluding hydrogens is 208 g/mol. The quantitative estimate of drug-likeness (QED) is 0.775. The van der Waals surface area contributed by atoms with Crippen LogP contribution in [-0.2, 0) is 0 Å². The van der Waals surface area contributed by atoms with Crippen LogP contribution >= 0.6 is 0 Å². The van der Waals surface area contributed by atoms with Crippen molar-refractivity contribution in [2.45, 2.75) is 59.3 Å². The van der Waals surface area contributed by atoms with Crippen molar-refractivity contribution in [3.63, 3.8) is 0 Å². The molecule has 0 aromatic heterocycles. The van der Waals surface area contributed by atoms with Crippen molar-refractivity contribution in [1.29, 1.82) is 0 Å². The van der Waals surface area contributed by atoms with Gasteiger partial charge in [-0.25, -0.2) is 0 Å². The number of hydrogen-bond donors (Lipinski definition) is 1. The highest BCUT2D eigenvalue weighted by atomic mass is 16.3. The molecule has 1 nitrogen and oxygen atoms in total. The topological polar surface area (TPSA) is 20.2 Å². The summed E-state index contributed by atoms with van der Waals surface area (Å²) in [5.41, 5.74) is 2.23. The van der Waals surface area contributed by atoms with Crippen LogP contribution in [0.3, 0.4) is 0 Å². The van der Waals surface area contributed by atoms with Gasteiger partial charge < -0.3 is 5.11 Å². The van der Waals surface area contributed by atoms with E-state index in [0.29, 0.717) is 17.6 Å². The highest BCUT2D eigenvalue weighted by Crippen LogP contribution is 2.45. The Kier molecular flexibility index (Phi) is 5.04. The lowest BCUT2D eigenvalue weighted by Crippen LogP contribution is -1.99. The van der Waals surface area contributed by atoms with Crippen LogP contribution in [0.5, 0.6) is 5.75 Å². The smallest absolute Gasteiger partial charge is 0.122 e. The van der Waals surface area contributed by atoms with Gasteiger partial charge in [0.15, 0.2) is 0 Å². The van der Waals surface area contributed by atoms with E-state index >= 15 is 0 Å². The molecule has 0 heterocycles. The zero-order chi connectivity index (χ0) is 13.0. The van der Waals surface area contributed by atoms with Crippen LogP contribution in [0.1, 0.15) is 70.4 Å². The Morgan fingerprint density at radius 1 is 1.06 bits per heavy atom. The minimum Gasteiger partial charge on any atom is -0.507 e. The molecule has 96 valence electrons. The maximum atomic E-state index is 10.2. The van der Waals surface area contributed by atoms with E-state index in [2.05, 4.69) is 32.9 Å². The second kappa shape index (κ2) is 6.09. The molecule has 0 spiro atoms. The summed E-state index contributed by atoms with van der Waals surface area (Å²) in [6.45, 7) is 10.5. The molecule has 1 aromatic rings. The van der Waals surface area contributed by atoms with Crippen molar-refractivity contribution < 1.29 is 5.11 Å². The first-order chi connectivity index (χ1) is 8.11. The van der Waals surface area contributed by atoms with Gasteiger partial charge in [0.2, 0.25) is 0 Å². The molecule has 1 aliphatic rings. The van der Waals surface area contributed by atoms with Crippen LogP contribution in [0.2, 0.25) is 0 Å². The number of aromatic hydroxyl groups is 1. The van der Waals surface area contributed by atoms with E-state index in [1.54, 1.807) is 0 Å². The summed E-state index contributed by atoms with van der Waals surface area (Å²) in [6.07, 6.45) is 2.65. The second-order valence-electron chi connectivity index (χ2n) is 5.07. The zero-order valence-electron chi connectivity index (χ0n) is 11.8. The zero-order valence-corrected chi connectivity index (χ0v) is 11.8. The summed E-state index contributed by atoms with van der Waals surface area (Å²) in [4.78, 5) is 0. The number of rotatable bonds is 3. The molecular formula is C16H26O. The lowest BCUT2D eigenvalue weighted by atomic mass is 9.90. The van der Waals surface area contributed by atoms with Gasteiger partial charge in [0.25, 0.3) is 0 Å². The molecule has 1 saturated carbocycles. The van der Waals surface area contributed by atoms with Crippen molar-refractivity contribution in [1.82, 2.24) is 0 Å². The Bertz CT molecular complexity index is 351. The SMILES string of the molecule is CC.CC(C)c1cccc([C@@H](C)C2CC2)c1O. The Balaban J connectivity index is 0.000000686.